The lowest BCUT2D eigenvalue weighted by Gasteiger charge is -2.40. The summed E-state index contributed by atoms with van der Waals surface area (Å²) in [4.78, 5) is 14.8. The van der Waals surface area contributed by atoms with E-state index in [0.29, 0.717) is 12.5 Å². The van der Waals surface area contributed by atoms with Crippen LogP contribution in [0.15, 0.2) is 12.7 Å². The zero-order valence-corrected chi connectivity index (χ0v) is 12.0. The number of rotatable bonds is 7. The fraction of sp³-hybridized carbons (Fsp3) is 0.800. The Labute approximate surface area is 112 Å². The first kappa shape index (κ1) is 15.2. The molecule has 3 heteroatoms. The van der Waals surface area contributed by atoms with Gasteiger partial charge in [-0.2, -0.15) is 0 Å². The number of carbonyl (C=O) groups excluding carboxylic acids is 1. The molecule has 0 radical (unpaired) electrons. The Bertz CT molecular complexity index is 264. The molecule has 3 nitrogen and oxygen atoms in total. The Morgan fingerprint density at radius 1 is 1.44 bits per heavy atom. The van der Waals surface area contributed by atoms with Crippen LogP contribution in [-0.4, -0.2) is 37.0 Å². The Balaban J connectivity index is 2.81. The topological polar surface area (TPSA) is 32.3 Å². The molecular weight excluding hydrogens is 224 g/mol. The lowest BCUT2D eigenvalue weighted by Crippen LogP contribution is -2.52. The summed E-state index contributed by atoms with van der Waals surface area (Å²) in [6.45, 7) is 11.5. The smallest absolute Gasteiger partial charge is 0.230 e. The quantitative estimate of drug-likeness (QED) is 0.706. The highest BCUT2D eigenvalue weighted by Crippen LogP contribution is 2.33. The summed E-state index contributed by atoms with van der Waals surface area (Å²) in [5.74, 6) is 0.332. The van der Waals surface area contributed by atoms with Crippen molar-refractivity contribution in [1.82, 2.24) is 10.2 Å². The minimum Gasteiger partial charge on any atom is -0.338 e. The number of hydrogen-bond acceptors (Lipinski definition) is 2. The maximum Gasteiger partial charge on any atom is 0.230 e. The minimum atomic E-state index is -0.162. The van der Waals surface area contributed by atoms with Gasteiger partial charge in [-0.25, -0.2) is 0 Å². The van der Waals surface area contributed by atoms with Gasteiger partial charge in [0.05, 0.1) is 5.41 Å². The Morgan fingerprint density at radius 2 is 2.22 bits per heavy atom. The maximum atomic E-state index is 12.8. The van der Waals surface area contributed by atoms with Crippen LogP contribution in [0.4, 0.5) is 0 Å². The SMILES string of the molecule is C=CCN(CCC)C(=O)C1(CCC)CCCNC1. The highest BCUT2D eigenvalue weighted by atomic mass is 16.2. The lowest BCUT2D eigenvalue weighted by molar-refractivity contribution is -0.143. The Morgan fingerprint density at radius 3 is 2.72 bits per heavy atom. The number of nitrogens with zero attached hydrogens (tertiary/aromatic N) is 1. The van der Waals surface area contributed by atoms with Gasteiger partial charge in [-0.3, -0.25) is 4.79 Å². The van der Waals surface area contributed by atoms with Crippen molar-refractivity contribution in [3.63, 3.8) is 0 Å². The van der Waals surface area contributed by atoms with E-state index in [9.17, 15) is 4.79 Å². The molecule has 18 heavy (non-hydrogen) atoms. The van der Waals surface area contributed by atoms with E-state index in [1.807, 2.05) is 11.0 Å². The van der Waals surface area contributed by atoms with Crippen molar-refractivity contribution in [2.45, 2.75) is 46.0 Å². The zero-order chi connectivity index (χ0) is 13.4. The molecular formula is C15H28N2O. The predicted octanol–water partition coefficient (Wildman–Crippen LogP) is 2.58. The second kappa shape index (κ2) is 7.57. The summed E-state index contributed by atoms with van der Waals surface area (Å²) in [6, 6.07) is 0. The third kappa shape index (κ3) is 3.58. The maximum absolute atomic E-state index is 12.8. The molecule has 1 aliphatic heterocycles. The van der Waals surface area contributed by atoms with Crippen molar-refractivity contribution in [2.75, 3.05) is 26.2 Å². The molecule has 1 amide bonds. The minimum absolute atomic E-state index is 0.162. The van der Waals surface area contributed by atoms with Crippen molar-refractivity contribution < 1.29 is 4.79 Å². The zero-order valence-electron chi connectivity index (χ0n) is 12.0. The first-order chi connectivity index (χ1) is 8.70. The van der Waals surface area contributed by atoms with Gasteiger partial charge in [-0.1, -0.05) is 26.3 Å². The fourth-order valence-corrected chi connectivity index (χ4v) is 2.99. The van der Waals surface area contributed by atoms with E-state index < -0.39 is 0 Å². The van der Waals surface area contributed by atoms with Gasteiger partial charge < -0.3 is 10.2 Å². The van der Waals surface area contributed by atoms with Crippen LogP contribution in [0.3, 0.4) is 0 Å². The van der Waals surface area contributed by atoms with E-state index in [1.54, 1.807) is 0 Å². The van der Waals surface area contributed by atoms with Crippen LogP contribution in [0.1, 0.15) is 46.0 Å². The van der Waals surface area contributed by atoms with E-state index in [-0.39, 0.29) is 5.41 Å². The molecule has 1 unspecified atom stereocenters. The summed E-state index contributed by atoms with van der Waals surface area (Å²) in [7, 11) is 0. The second-order valence-corrected chi connectivity index (χ2v) is 5.35. The van der Waals surface area contributed by atoms with E-state index in [1.165, 1.54) is 0 Å². The highest BCUT2D eigenvalue weighted by molar-refractivity contribution is 5.83. The van der Waals surface area contributed by atoms with Crippen molar-refractivity contribution in [1.29, 1.82) is 0 Å². The molecule has 0 saturated carbocycles. The predicted molar refractivity (Wildman–Crippen MR) is 76.5 cm³/mol. The average molecular weight is 252 g/mol. The van der Waals surface area contributed by atoms with E-state index in [2.05, 4.69) is 25.7 Å². The third-order valence-electron chi connectivity index (χ3n) is 3.78. The molecule has 1 aliphatic rings. The summed E-state index contributed by atoms with van der Waals surface area (Å²) in [5, 5.41) is 3.41. The molecule has 0 spiro atoms. The molecule has 104 valence electrons. The van der Waals surface area contributed by atoms with Gasteiger partial charge in [0.15, 0.2) is 0 Å². The molecule has 0 aromatic heterocycles. The van der Waals surface area contributed by atoms with Gasteiger partial charge >= 0.3 is 0 Å². The summed E-state index contributed by atoms with van der Waals surface area (Å²) >= 11 is 0. The van der Waals surface area contributed by atoms with Crippen molar-refractivity contribution >= 4 is 5.91 Å². The number of amides is 1. The lowest BCUT2D eigenvalue weighted by atomic mass is 9.75. The number of piperidine rings is 1. The highest BCUT2D eigenvalue weighted by Gasteiger charge is 2.40. The van der Waals surface area contributed by atoms with Crippen molar-refractivity contribution in [2.24, 2.45) is 5.41 Å². The number of nitrogens with one attached hydrogen (secondary N) is 1. The van der Waals surface area contributed by atoms with Gasteiger partial charge in [0, 0.05) is 19.6 Å². The molecule has 1 rings (SSSR count). The molecule has 1 atom stereocenters. The van der Waals surface area contributed by atoms with Gasteiger partial charge in [0.25, 0.3) is 0 Å². The van der Waals surface area contributed by atoms with Gasteiger partial charge in [-0.15, -0.1) is 6.58 Å². The molecule has 1 saturated heterocycles. The van der Waals surface area contributed by atoms with E-state index in [0.717, 1.165) is 51.7 Å². The Hall–Kier alpha value is -0.830. The van der Waals surface area contributed by atoms with Crippen LogP contribution in [0.2, 0.25) is 0 Å². The molecule has 1 N–H and O–H groups in total. The van der Waals surface area contributed by atoms with Crippen molar-refractivity contribution in [3.05, 3.63) is 12.7 Å². The third-order valence-corrected chi connectivity index (χ3v) is 3.78. The monoisotopic (exact) mass is 252 g/mol. The number of carbonyl (C=O) groups is 1. The second-order valence-electron chi connectivity index (χ2n) is 5.35. The summed E-state index contributed by atoms with van der Waals surface area (Å²) in [6.07, 6.45) is 7.06. The number of hydrogen-bond donors (Lipinski definition) is 1. The normalized spacial score (nSPS) is 23.7. The average Bonchev–Trinajstić information content (AvgIpc) is 2.39. The van der Waals surface area contributed by atoms with Gasteiger partial charge in [-0.05, 0) is 32.2 Å². The van der Waals surface area contributed by atoms with Crippen LogP contribution in [-0.2, 0) is 4.79 Å². The molecule has 1 heterocycles. The van der Waals surface area contributed by atoms with Crippen LogP contribution in [0, 0.1) is 5.41 Å². The fourth-order valence-electron chi connectivity index (χ4n) is 2.99. The molecule has 0 aromatic rings. The van der Waals surface area contributed by atoms with Crippen LogP contribution in [0.25, 0.3) is 0 Å². The van der Waals surface area contributed by atoms with E-state index in [4.69, 9.17) is 0 Å². The van der Waals surface area contributed by atoms with Crippen LogP contribution < -0.4 is 5.32 Å². The first-order valence-corrected chi connectivity index (χ1v) is 7.31. The molecule has 0 aliphatic carbocycles. The molecule has 0 bridgehead atoms. The van der Waals surface area contributed by atoms with E-state index >= 15 is 0 Å². The van der Waals surface area contributed by atoms with Gasteiger partial charge in [0.2, 0.25) is 5.91 Å². The standard InChI is InChI=1S/C15H28N2O/c1-4-8-15(9-7-10-16-13-15)14(18)17(11-5-2)12-6-3/h5,16H,2,4,6-13H2,1,3H3. The van der Waals surface area contributed by atoms with Crippen LogP contribution in [0.5, 0.6) is 0 Å². The first-order valence-electron chi connectivity index (χ1n) is 7.31. The largest absolute Gasteiger partial charge is 0.338 e. The van der Waals surface area contributed by atoms with Crippen molar-refractivity contribution in [3.8, 4) is 0 Å². The van der Waals surface area contributed by atoms with Gasteiger partial charge in [0.1, 0.15) is 0 Å². The summed E-state index contributed by atoms with van der Waals surface area (Å²) in [5.41, 5.74) is -0.162. The Kier molecular flexibility index (Phi) is 6.41. The molecule has 1 fully saturated rings. The summed E-state index contributed by atoms with van der Waals surface area (Å²) < 4.78 is 0. The van der Waals surface area contributed by atoms with Crippen LogP contribution >= 0.6 is 0 Å². The molecule has 0 aromatic carbocycles.